The maximum Gasteiger partial charge on any atom is 0.414 e. The van der Waals surface area contributed by atoms with Gasteiger partial charge in [0, 0.05) is 36.4 Å². The number of amides is 2. The smallest absolute Gasteiger partial charge is 0.414 e. The minimum Gasteiger partial charge on any atom is -0.461 e. The van der Waals surface area contributed by atoms with Crippen LogP contribution in [0.4, 0.5) is 36.6 Å². The van der Waals surface area contributed by atoms with Crippen LogP contribution in [0.2, 0.25) is 0 Å². The average molecular weight is 697 g/mol. The van der Waals surface area contributed by atoms with Crippen LogP contribution in [0, 0.1) is 11.7 Å². The zero-order chi connectivity index (χ0) is 35.4. The SMILES string of the molecule is CCOC(=O)c1csc(Nc2nc(N3CC4CC3CC4NC(=O)OC(C)(C)C)c3c(n2)[nH]c2c(N(C)C(=O)OC(C)(C)C)cc(F)cc23)n1. The van der Waals surface area contributed by atoms with Gasteiger partial charge in [0.15, 0.2) is 10.8 Å². The number of nitrogens with zero attached hydrogens (tertiary/aromatic N) is 5. The Kier molecular flexibility index (Phi) is 8.79. The Morgan fingerprint density at radius 2 is 1.82 bits per heavy atom. The molecular weight excluding hydrogens is 655 g/mol. The number of H-pyrrole nitrogens is 1. The van der Waals surface area contributed by atoms with Gasteiger partial charge in [-0.2, -0.15) is 9.97 Å². The summed E-state index contributed by atoms with van der Waals surface area (Å²) in [5, 5.41) is 9.19. The van der Waals surface area contributed by atoms with E-state index in [0.29, 0.717) is 45.9 Å². The van der Waals surface area contributed by atoms with Gasteiger partial charge in [0.05, 0.1) is 23.2 Å². The van der Waals surface area contributed by atoms with Crippen molar-refractivity contribution in [1.82, 2.24) is 25.3 Å². The maximum atomic E-state index is 15.3. The number of nitrogens with one attached hydrogen (secondary N) is 3. The highest BCUT2D eigenvalue weighted by Crippen LogP contribution is 2.45. The monoisotopic (exact) mass is 696 g/mol. The molecular formula is C33H41FN8O6S. The van der Waals surface area contributed by atoms with Crippen LogP contribution in [-0.4, -0.2) is 81.6 Å². The number of piperidine rings is 1. The van der Waals surface area contributed by atoms with Crippen LogP contribution in [0.5, 0.6) is 0 Å². The van der Waals surface area contributed by atoms with Crippen LogP contribution < -0.4 is 20.4 Å². The standard InChI is InChI=1S/C33H41FN8O6S/c1-9-46-27(43)21-15-49-29(35-21)40-28-38-25-23(19-11-17(34)12-22(24(19)37-25)41(8)31(45)48-33(5,6)7)26(39-28)42-14-16-10-18(42)13-20(16)36-30(44)47-32(2,3)4/h11-12,15-16,18,20H,9-10,13-14H2,1-8H3,(H,36,44)(H2,35,37,38,39,40). The first kappa shape index (κ1) is 34.1. The third-order valence-corrected chi connectivity index (χ3v) is 8.99. The second-order valence-corrected chi connectivity index (χ2v) is 15.1. The molecule has 3 aromatic heterocycles. The van der Waals surface area contributed by atoms with E-state index in [0.717, 1.165) is 6.42 Å². The van der Waals surface area contributed by atoms with Crippen LogP contribution in [0.25, 0.3) is 21.9 Å². The number of alkyl carbamates (subject to hydrolysis) is 1. The van der Waals surface area contributed by atoms with Crippen molar-refractivity contribution in [2.75, 3.05) is 35.3 Å². The zero-order valence-corrected chi connectivity index (χ0v) is 29.6. The fourth-order valence-electron chi connectivity index (χ4n) is 6.36. The predicted octanol–water partition coefficient (Wildman–Crippen LogP) is 6.49. The van der Waals surface area contributed by atoms with Crippen molar-refractivity contribution in [3.63, 3.8) is 0 Å². The minimum atomic E-state index is -0.758. The molecule has 6 rings (SSSR count). The maximum absolute atomic E-state index is 15.3. The molecule has 16 heteroatoms. The number of thiazole rings is 1. The summed E-state index contributed by atoms with van der Waals surface area (Å²) in [5.41, 5.74) is -0.0612. The van der Waals surface area contributed by atoms with Crippen LogP contribution in [0.1, 0.15) is 71.8 Å². The number of aromatic amines is 1. The fourth-order valence-corrected chi connectivity index (χ4v) is 7.03. The third kappa shape index (κ3) is 7.19. The molecule has 49 heavy (non-hydrogen) atoms. The zero-order valence-electron chi connectivity index (χ0n) is 28.8. The van der Waals surface area contributed by atoms with E-state index in [-0.39, 0.29) is 41.9 Å². The van der Waals surface area contributed by atoms with Crippen molar-refractivity contribution in [2.45, 2.75) is 84.6 Å². The number of hydrogen-bond donors (Lipinski definition) is 3. The minimum absolute atomic E-state index is 0.0218. The molecule has 1 aliphatic carbocycles. The number of fused-ring (bicyclic) bond motifs is 5. The van der Waals surface area contributed by atoms with Crippen molar-refractivity contribution in [1.29, 1.82) is 0 Å². The van der Waals surface area contributed by atoms with Gasteiger partial charge in [-0.1, -0.05) is 0 Å². The number of benzene rings is 1. The van der Waals surface area contributed by atoms with E-state index >= 15 is 4.39 Å². The molecule has 1 aromatic carbocycles. The van der Waals surface area contributed by atoms with Crippen LogP contribution in [0.15, 0.2) is 17.5 Å². The quantitative estimate of drug-likeness (QED) is 0.143. The lowest BCUT2D eigenvalue weighted by Crippen LogP contribution is -2.47. The Labute approximate surface area is 286 Å². The van der Waals surface area contributed by atoms with Gasteiger partial charge in [-0.25, -0.2) is 23.8 Å². The molecule has 3 N–H and O–H groups in total. The highest BCUT2D eigenvalue weighted by Gasteiger charge is 2.47. The molecule has 14 nitrogen and oxygen atoms in total. The van der Waals surface area contributed by atoms with Crippen molar-refractivity contribution in [2.24, 2.45) is 5.92 Å². The average Bonchev–Trinajstić information content (AvgIpc) is 3.77. The van der Waals surface area contributed by atoms with E-state index in [1.165, 1.54) is 35.4 Å². The summed E-state index contributed by atoms with van der Waals surface area (Å²) in [6.45, 7) is 13.3. The number of carbonyl (C=O) groups is 3. The normalized spacial score (nSPS) is 19.0. The Morgan fingerprint density at radius 1 is 1.08 bits per heavy atom. The predicted molar refractivity (Wildman–Crippen MR) is 184 cm³/mol. The largest absolute Gasteiger partial charge is 0.461 e. The first-order chi connectivity index (χ1) is 23.0. The molecule has 2 amide bonds. The first-order valence-corrected chi connectivity index (χ1v) is 17.0. The molecule has 1 saturated heterocycles. The molecule has 4 aromatic rings. The molecule has 2 bridgehead atoms. The van der Waals surface area contributed by atoms with E-state index in [1.54, 1.807) is 33.1 Å². The second kappa shape index (κ2) is 12.6. The van der Waals surface area contributed by atoms with Crippen LogP contribution in [0.3, 0.4) is 0 Å². The number of esters is 1. The van der Waals surface area contributed by atoms with E-state index in [1.807, 2.05) is 20.8 Å². The molecule has 3 atom stereocenters. The Hall–Kier alpha value is -4.73. The number of rotatable bonds is 7. The number of hydrogen-bond acceptors (Lipinski definition) is 12. The van der Waals surface area contributed by atoms with Crippen molar-refractivity contribution in [3.8, 4) is 0 Å². The van der Waals surface area contributed by atoms with Gasteiger partial charge in [0.1, 0.15) is 28.5 Å². The van der Waals surface area contributed by atoms with Gasteiger partial charge in [-0.15, -0.1) is 11.3 Å². The van der Waals surface area contributed by atoms with Gasteiger partial charge in [-0.05, 0) is 79.4 Å². The van der Waals surface area contributed by atoms with Crippen molar-refractivity contribution in [3.05, 3.63) is 29.0 Å². The molecule has 1 aliphatic heterocycles. The number of carbonyl (C=O) groups excluding carboxylic acids is 3. The van der Waals surface area contributed by atoms with E-state index in [2.05, 4.69) is 25.5 Å². The third-order valence-electron chi connectivity index (χ3n) is 8.24. The van der Waals surface area contributed by atoms with Crippen molar-refractivity contribution < 1.29 is 33.0 Å². The second-order valence-electron chi connectivity index (χ2n) is 14.3. The topological polar surface area (TPSA) is 164 Å². The Morgan fingerprint density at radius 3 is 2.47 bits per heavy atom. The lowest BCUT2D eigenvalue weighted by molar-refractivity contribution is 0.0487. The summed E-state index contributed by atoms with van der Waals surface area (Å²) in [6.07, 6.45) is 0.379. The summed E-state index contributed by atoms with van der Waals surface area (Å²) in [5.74, 6) is -0.203. The Bertz CT molecular complexity index is 1930. The van der Waals surface area contributed by atoms with Crippen LogP contribution >= 0.6 is 11.3 Å². The summed E-state index contributed by atoms with van der Waals surface area (Å²) >= 11 is 1.20. The molecule has 2 fully saturated rings. The molecule has 4 heterocycles. The number of aromatic nitrogens is 4. The van der Waals surface area contributed by atoms with E-state index in [9.17, 15) is 14.4 Å². The molecule has 2 aliphatic rings. The highest BCUT2D eigenvalue weighted by molar-refractivity contribution is 7.14. The number of ether oxygens (including phenoxy) is 3. The summed E-state index contributed by atoms with van der Waals surface area (Å²) in [7, 11) is 1.52. The van der Waals surface area contributed by atoms with Gasteiger partial charge in [-0.3, -0.25) is 10.2 Å². The molecule has 1 saturated carbocycles. The molecule has 0 spiro atoms. The lowest BCUT2D eigenvalue weighted by atomic mass is 10.0. The fraction of sp³-hybridized carbons (Fsp3) is 0.515. The van der Waals surface area contributed by atoms with Gasteiger partial charge in [0.2, 0.25) is 5.95 Å². The first-order valence-electron chi connectivity index (χ1n) is 16.1. The van der Waals surface area contributed by atoms with Gasteiger partial charge in [0.25, 0.3) is 0 Å². The summed E-state index contributed by atoms with van der Waals surface area (Å²) in [4.78, 5) is 58.6. The molecule has 3 unspecified atom stereocenters. The summed E-state index contributed by atoms with van der Waals surface area (Å²) in [6, 6.07) is 2.62. The van der Waals surface area contributed by atoms with Crippen LogP contribution in [-0.2, 0) is 14.2 Å². The van der Waals surface area contributed by atoms with E-state index in [4.69, 9.17) is 24.2 Å². The lowest BCUT2D eigenvalue weighted by Gasteiger charge is -2.33. The number of anilines is 4. The molecule has 0 radical (unpaired) electrons. The van der Waals surface area contributed by atoms with E-state index < -0.39 is 35.2 Å². The molecule has 262 valence electrons. The van der Waals surface area contributed by atoms with Gasteiger partial charge < -0.3 is 29.4 Å². The summed E-state index contributed by atoms with van der Waals surface area (Å²) < 4.78 is 31.5. The number of halogens is 1. The van der Waals surface area contributed by atoms with Crippen molar-refractivity contribution >= 4 is 74.0 Å². The Balaban J connectivity index is 1.40. The van der Waals surface area contributed by atoms with Gasteiger partial charge >= 0.3 is 18.2 Å². The highest BCUT2D eigenvalue weighted by atomic mass is 32.1.